The Labute approximate surface area is 313 Å². The summed E-state index contributed by atoms with van der Waals surface area (Å²) in [6.45, 7) is 11.8. The van der Waals surface area contributed by atoms with Gasteiger partial charge in [-0.1, -0.05) is 30.3 Å². The predicted molar refractivity (Wildman–Crippen MR) is 199 cm³/mol. The van der Waals surface area contributed by atoms with Crippen molar-refractivity contribution in [1.82, 2.24) is 15.1 Å². The summed E-state index contributed by atoms with van der Waals surface area (Å²) in [6.07, 6.45) is -3.32. The van der Waals surface area contributed by atoms with Crippen LogP contribution in [0.15, 0.2) is 72.8 Å². The maximum absolute atomic E-state index is 13.9. The molecule has 14 heteroatoms. The molecule has 0 atom stereocenters. The third-order valence-electron chi connectivity index (χ3n) is 8.27. The molecule has 2 amide bonds. The Hall–Kier alpha value is -5.37. The summed E-state index contributed by atoms with van der Waals surface area (Å²) < 4.78 is 53.6. The van der Waals surface area contributed by atoms with Crippen LogP contribution in [0.1, 0.15) is 97.6 Å². The Kier molecular flexibility index (Phi) is 11.7. The third-order valence-corrected chi connectivity index (χ3v) is 8.27. The molecule has 0 spiro atoms. The average Bonchev–Trinajstić information content (AvgIpc) is 3.77. The zero-order valence-electron chi connectivity index (χ0n) is 31.3. The van der Waals surface area contributed by atoms with E-state index >= 15 is 0 Å². The lowest BCUT2D eigenvalue weighted by Crippen LogP contribution is -2.32. The van der Waals surface area contributed by atoms with E-state index < -0.39 is 41.0 Å². The van der Waals surface area contributed by atoms with Crippen LogP contribution in [0.5, 0.6) is 0 Å². The number of alkyl carbamates (subject to hydrolysis) is 1. The second-order valence-electron chi connectivity index (χ2n) is 15.3. The minimum absolute atomic E-state index is 0.0281. The highest BCUT2D eigenvalue weighted by Crippen LogP contribution is 2.35. The summed E-state index contributed by atoms with van der Waals surface area (Å²) >= 11 is 0. The molecule has 288 valence electrons. The number of carbonyl (C=O) groups is 3. The minimum Gasteiger partial charge on any atom is -0.456 e. The van der Waals surface area contributed by atoms with Crippen molar-refractivity contribution in [2.24, 2.45) is 11.7 Å². The number of nitrogens with zero attached hydrogens (tertiary/aromatic N) is 3. The summed E-state index contributed by atoms with van der Waals surface area (Å²) in [7, 11) is 0. The fraction of sp³-hybridized carbons (Fsp3) is 0.400. The molecule has 1 aliphatic carbocycles. The van der Waals surface area contributed by atoms with Crippen molar-refractivity contribution < 1.29 is 37.0 Å². The first-order valence-corrected chi connectivity index (χ1v) is 17.7. The number of alkyl halides is 3. The summed E-state index contributed by atoms with van der Waals surface area (Å²) in [5.74, 6) is -0.797. The molecule has 11 nitrogen and oxygen atoms in total. The van der Waals surface area contributed by atoms with Gasteiger partial charge in [0, 0.05) is 49.2 Å². The fourth-order valence-corrected chi connectivity index (χ4v) is 5.80. The van der Waals surface area contributed by atoms with Crippen LogP contribution in [-0.4, -0.2) is 45.5 Å². The number of rotatable bonds is 12. The molecule has 0 bridgehead atoms. The standard InChI is InChI=1S/C40H47F3N6O5/c1-38(2,3)53-36(51)30-14-9-15-32(31(30)21-44)48(23-25-16-17-25)24-27-11-7-12-28(18-27)46-35(50)33-20-34(40(41,42)43)47-49(33)29-13-8-10-26(19-29)22-45-37(52)54-39(4,5)6/h7-15,18-20,25H,16-17,21-24,44H2,1-6H3,(H,45,52)(H,46,50). The zero-order chi connectivity index (χ0) is 39.4. The van der Waals surface area contributed by atoms with E-state index in [9.17, 15) is 27.6 Å². The molecule has 54 heavy (non-hydrogen) atoms. The van der Waals surface area contributed by atoms with E-state index in [2.05, 4.69) is 20.6 Å². The third kappa shape index (κ3) is 10.8. The molecule has 0 saturated heterocycles. The Balaban J connectivity index is 1.39. The summed E-state index contributed by atoms with van der Waals surface area (Å²) in [5.41, 5.74) is 7.01. The second kappa shape index (κ2) is 15.9. The lowest BCUT2D eigenvalue weighted by molar-refractivity contribution is -0.141. The van der Waals surface area contributed by atoms with Gasteiger partial charge in [-0.2, -0.15) is 18.3 Å². The van der Waals surface area contributed by atoms with Gasteiger partial charge in [0.2, 0.25) is 0 Å². The topological polar surface area (TPSA) is 141 Å². The molecular weight excluding hydrogens is 701 g/mol. The van der Waals surface area contributed by atoms with Crippen LogP contribution in [0.25, 0.3) is 5.69 Å². The van der Waals surface area contributed by atoms with Crippen LogP contribution in [0.2, 0.25) is 0 Å². The number of carbonyl (C=O) groups excluding carboxylic acids is 3. The quantitative estimate of drug-likeness (QED) is 0.124. The molecule has 0 aliphatic heterocycles. The highest BCUT2D eigenvalue weighted by molar-refractivity contribution is 6.03. The molecule has 4 N–H and O–H groups in total. The van der Waals surface area contributed by atoms with E-state index in [1.54, 1.807) is 84.0 Å². The first kappa shape index (κ1) is 39.8. The molecule has 4 aromatic rings. The van der Waals surface area contributed by atoms with Crippen molar-refractivity contribution in [3.05, 3.63) is 106 Å². The number of halogens is 3. The molecule has 1 fully saturated rings. The Bertz CT molecular complexity index is 1990. The number of aromatic nitrogens is 2. The predicted octanol–water partition coefficient (Wildman–Crippen LogP) is 8.00. The van der Waals surface area contributed by atoms with Gasteiger partial charge < -0.3 is 30.7 Å². The number of ether oxygens (including phenoxy) is 2. The van der Waals surface area contributed by atoms with Crippen molar-refractivity contribution in [3.63, 3.8) is 0 Å². The molecule has 5 rings (SSSR count). The molecular formula is C40H47F3N6O5. The van der Waals surface area contributed by atoms with Gasteiger partial charge >= 0.3 is 18.2 Å². The largest absolute Gasteiger partial charge is 0.456 e. The maximum atomic E-state index is 13.9. The average molecular weight is 749 g/mol. The Morgan fingerprint density at radius 2 is 1.56 bits per heavy atom. The molecule has 1 aromatic heterocycles. The maximum Gasteiger partial charge on any atom is 0.435 e. The molecule has 1 aliphatic rings. The SMILES string of the molecule is CC(C)(C)OC(=O)NCc1cccc(-n2nc(C(F)(F)F)cc2C(=O)Nc2cccc(CN(CC3CC3)c3cccc(C(=O)OC(C)(C)C)c3CN)c2)c1. The van der Waals surface area contributed by atoms with Crippen molar-refractivity contribution in [3.8, 4) is 5.69 Å². The fourth-order valence-electron chi connectivity index (χ4n) is 5.80. The zero-order valence-corrected chi connectivity index (χ0v) is 31.3. The number of amides is 2. The van der Waals surface area contributed by atoms with Crippen molar-refractivity contribution >= 4 is 29.3 Å². The molecule has 0 unspecified atom stereocenters. The number of anilines is 2. The van der Waals surface area contributed by atoms with E-state index in [1.807, 2.05) is 12.1 Å². The van der Waals surface area contributed by atoms with Gasteiger partial charge in [0.1, 0.15) is 16.9 Å². The van der Waals surface area contributed by atoms with Crippen LogP contribution in [0, 0.1) is 5.92 Å². The molecule has 1 heterocycles. The second-order valence-corrected chi connectivity index (χ2v) is 15.3. The van der Waals surface area contributed by atoms with Crippen LogP contribution in [0.3, 0.4) is 0 Å². The van der Waals surface area contributed by atoms with E-state index in [-0.39, 0.29) is 24.5 Å². The van der Waals surface area contributed by atoms with Crippen LogP contribution in [-0.2, 0) is 35.3 Å². The monoisotopic (exact) mass is 748 g/mol. The number of hydrogen-bond acceptors (Lipinski definition) is 8. The lowest BCUT2D eigenvalue weighted by Gasteiger charge is -2.29. The van der Waals surface area contributed by atoms with Crippen LogP contribution < -0.4 is 21.3 Å². The van der Waals surface area contributed by atoms with Crippen molar-refractivity contribution in [1.29, 1.82) is 0 Å². The highest BCUT2D eigenvalue weighted by Gasteiger charge is 2.36. The normalized spacial score (nSPS) is 13.3. The van der Waals surface area contributed by atoms with Gasteiger partial charge in [0.25, 0.3) is 5.91 Å². The Morgan fingerprint density at radius 1 is 0.889 bits per heavy atom. The highest BCUT2D eigenvalue weighted by atomic mass is 19.4. The van der Waals surface area contributed by atoms with Gasteiger partial charge in [0.05, 0.1) is 11.3 Å². The van der Waals surface area contributed by atoms with Gasteiger partial charge in [-0.15, -0.1) is 0 Å². The summed E-state index contributed by atoms with van der Waals surface area (Å²) in [6, 6.07) is 19.5. The van der Waals surface area contributed by atoms with Gasteiger partial charge in [-0.05, 0) is 108 Å². The summed E-state index contributed by atoms with van der Waals surface area (Å²) in [5, 5.41) is 9.11. The van der Waals surface area contributed by atoms with E-state index in [1.165, 1.54) is 12.1 Å². The lowest BCUT2D eigenvalue weighted by atomic mass is 10.0. The van der Waals surface area contributed by atoms with Crippen LogP contribution in [0.4, 0.5) is 29.3 Å². The number of benzene rings is 3. The van der Waals surface area contributed by atoms with E-state index in [0.717, 1.165) is 28.8 Å². The smallest absolute Gasteiger partial charge is 0.435 e. The first-order chi connectivity index (χ1) is 25.3. The van der Waals surface area contributed by atoms with Gasteiger partial charge in [-0.3, -0.25) is 4.79 Å². The Morgan fingerprint density at radius 3 is 2.20 bits per heavy atom. The van der Waals surface area contributed by atoms with Crippen molar-refractivity contribution in [2.45, 2.75) is 91.4 Å². The first-order valence-electron chi connectivity index (χ1n) is 17.7. The number of hydrogen-bond donors (Lipinski definition) is 3. The van der Waals surface area contributed by atoms with Gasteiger partial charge in [0.15, 0.2) is 5.69 Å². The number of nitrogens with one attached hydrogen (secondary N) is 2. The van der Waals surface area contributed by atoms with E-state index in [4.69, 9.17) is 15.2 Å². The summed E-state index contributed by atoms with van der Waals surface area (Å²) in [4.78, 5) is 41.2. The molecule has 0 radical (unpaired) electrons. The number of esters is 1. The number of nitrogens with two attached hydrogens (primary N) is 1. The van der Waals surface area contributed by atoms with E-state index in [0.29, 0.717) is 47.5 Å². The molecule has 3 aromatic carbocycles. The van der Waals surface area contributed by atoms with Crippen molar-refractivity contribution in [2.75, 3.05) is 16.8 Å². The van der Waals surface area contributed by atoms with Crippen LogP contribution >= 0.6 is 0 Å². The molecule has 1 saturated carbocycles. The van der Waals surface area contributed by atoms with Gasteiger partial charge in [-0.25, -0.2) is 14.3 Å². The minimum atomic E-state index is -4.82.